The van der Waals surface area contributed by atoms with E-state index in [1.54, 1.807) is 0 Å². The summed E-state index contributed by atoms with van der Waals surface area (Å²) in [6.07, 6.45) is 2.11. The Hall–Kier alpha value is -2.76. The van der Waals surface area contributed by atoms with E-state index in [1.165, 1.54) is 18.3 Å². The van der Waals surface area contributed by atoms with Gasteiger partial charge in [-0.05, 0) is 24.1 Å². The third kappa shape index (κ3) is 3.36. The van der Waals surface area contributed by atoms with E-state index >= 15 is 0 Å². The standard InChI is InChI=1S/C17H16FN3O2/c18-16-12(7-4-10-19-16)17(23)20-13-8-9-14(22)21-15(13)11-5-2-1-3-6-11/h1-7,10,13,15H,8-9H2,(H,20,23)(H,21,22)/t13-,15+/m1/s1. The van der Waals surface area contributed by atoms with E-state index in [4.69, 9.17) is 0 Å². The Balaban J connectivity index is 1.81. The van der Waals surface area contributed by atoms with E-state index < -0.39 is 11.9 Å². The lowest BCUT2D eigenvalue weighted by Crippen LogP contribution is -2.50. The number of nitrogens with zero attached hydrogens (tertiary/aromatic N) is 1. The van der Waals surface area contributed by atoms with Gasteiger partial charge in [0.1, 0.15) is 0 Å². The highest BCUT2D eigenvalue weighted by atomic mass is 19.1. The van der Waals surface area contributed by atoms with Gasteiger partial charge in [-0.15, -0.1) is 0 Å². The van der Waals surface area contributed by atoms with E-state index in [0.29, 0.717) is 12.8 Å². The van der Waals surface area contributed by atoms with Crippen molar-refractivity contribution in [1.29, 1.82) is 0 Å². The van der Waals surface area contributed by atoms with Gasteiger partial charge in [0, 0.05) is 12.6 Å². The monoisotopic (exact) mass is 313 g/mol. The topological polar surface area (TPSA) is 71.1 Å². The largest absolute Gasteiger partial charge is 0.347 e. The van der Waals surface area contributed by atoms with Gasteiger partial charge in [-0.2, -0.15) is 4.39 Å². The molecule has 1 aromatic carbocycles. The average Bonchev–Trinajstić information content (AvgIpc) is 2.57. The smallest absolute Gasteiger partial charge is 0.256 e. The van der Waals surface area contributed by atoms with Gasteiger partial charge in [0.2, 0.25) is 11.9 Å². The summed E-state index contributed by atoms with van der Waals surface area (Å²) in [6, 6.07) is 11.7. The molecule has 1 saturated heterocycles. The lowest BCUT2D eigenvalue weighted by atomic mass is 9.91. The van der Waals surface area contributed by atoms with Crippen LogP contribution in [0.15, 0.2) is 48.7 Å². The zero-order chi connectivity index (χ0) is 16.2. The van der Waals surface area contributed by atoms with Crippen molar-refractivity contribution >= 4 is 11.8 Å². The van der Waals surface area contributed by atoms with Crippen molar-refractivity contribution in [2.75, 3.05) is 0 Å². The number of benzene rings is 1. The van der Waals surface area contributed by atoms with Gasteiger partial charge >= 0.3 is 0 Å². The number of halogens is 1. The van der Waals surface area contributed by atoms with Crippen LogP contribution in [0.4, 0.5) is 4.39 Å². The zero-order valence-electron chi connectivity index (χ0n) is 12.3. The van der Waals surface area contributed by atoms with Gasteiger partial charge in [0.15, 0.2) is 0 Å². The molecule has 1 aliphatic heterocycles. The predicted octanol–water partition coefficient (Wildman–Crippen LogP) is 1.97. The van der Waals surface area contributed by atoms with Crippen LogP contribution in [0.2, 0.25) is 0 Å². The van der Waals surface area contributed by atoms with Crippen molar-refractivity contribution in [3.05, 3.63) is 65.7 Å². The van der Waals surface area contributed by atoms with Crippen LogP contribution in [0.3, 0.4) is 0 Å². The SMILES string of the molecule is O=C1CC[C@@H](NC(=O)c2cccnc2F)[C@H](c2ccccc2)N1. The maximum Gasteiger partial charge on any atom is 0.256 e. The van der Waals surface area contributed by atoms with E-state index in [0.717, 1.165) is 5.56 Å². The number of hydrogen-bond acceptors (Lipinski definition) is 3. The first-order chi connectivity index (χ1) is 11.1. The highest BCUT2D eigenvalue weighted by molar-refractivity contribution is 5.94. The van der Waals surface area contributed by atoms with Crippen LogP contribution in [0.5, 0.6) is 0 Å². The highest BCUT2D eigenvalue weighted by Gasteiger charge is 2.31. The molecule has 3 rings (SSSR count). The van der Waals surface area contributed by atoms with Crippen molar-refractivity contribution in [1.82, 2.24) is 15.6 Å². The Bertz CT molecular complexity index is 721. The number of nitrogens with one attached hydrogen (secondary N) is 2. The lowest BCUT2D eigenvalue weighted by molar-refractivity contribution is -0.123. The Labute approximate surface area is 132 Å². The molecule has 2 atom stereocenters. The summed E-state index contributed by atoms with van der Waals surface area (Å²) in [5, 5.41) is 5.70. The number of hydrogen-bond donors (Lipinski definition) is 2. The first-order valence-electron chi connectivity index (χ1n) is 7.41. The van der Waals surface area contributed by atoms with Crippen LogP contribution < -0.4 is 10.6 Å². The quantitative estimate of drug-likeness (QED) is 0.851. The molecule has 2 aromatic rings. The summed E-state index contributed by atoms with van der Waals surface area (Å²) in [6.45, 7) is 0. The second-order valence-corrected chi connectivity index (χ2v) is 5.42. The van der Waals surface area contributed by atoms with Crippen molar-refractivity contribution in [2.24, 2.45) is 0 Å². The Morgan fingerprint density at radius 3 is 2.74 bits per heavy atom. The summed E-state index contributed by atoms with van der Waals surface area (Å²) in [5.41, 5.74) is 0.800. The Morgan fingerprint density at radius 1 is 1.22 bits per heavy atom. The molecule has 2 N–H and O–H groups in total. The maximum absolute atomic E-state index is 13.6. The minimum Gasteiger partial charge on any atom is -0.347 e. The maximum atomic E-state index is 13.6. The second-order valence-electron chi connectivity index (χ2n) is 5.42. The van der Waals surface area contributed by atoms with Crippen LogP contribution in [-0.4, -0.2) is 22.8 Å². The van der Waals surface area contributed by atoms with Gasteiger partial charge in [-0.25, -0.2) is 4.98 Å². The molecule has 1 aliphatic rings. The van der Waals surface area contributed by atoms with E-state index in [1.807, 2.05) is 30.3 Å². The fourth-order valence-electron chi connectivity index (χ4n) is 2.73. The number of aromatic nitrogens is 1. The van der Waals surface area contributed by atoms with Crippen LogP contribution in [0, 0.1) is 5.95 Å². The first kappa shape index (κ1) is 15.1. The minimum atomic E-state index is -0.805. The molecule has 0 radical (unpaired) electrons. The number of carbonyl (C=O) groups excluding carboxylic acids is 2. The molecule has 23 heavy (non-hydrogen) atoms. The van der Waals surface area contributed by atoms with Gasteiger partial charge in [0.05, 0.1) is 17.6 Å². The number of rotatable bonds is 3. The molecular weight excluding hydrogens is 297 g/mol. The third-order valence-electron chi connectivity index (χ3n) is 3.88. The number of amides is 2. The van der Waals surface area contributed by atoms with Crippen LogP contribution in [-0.2, 0) is 4.79 Å². The van der Waals surface area contributed by atoms with E-state index in [-0.39, 0.29) is 23.6 Å². The molecule has 6 heteroatoms. The van der Waals surface area contributed by atoms with Crippen molar-refractivity contribution in [2.45, 2.75) is 24.9 Å². The lowest BCUT2D eigenvalue weighted by Gasteiger charge is -2.33. The summed E-state index contributed by atoms with van der Waals surface area (Å²) in [7, 11) is 0. The highest BCUT2D eigenvalue weighted by Crippen LogP contribution is 2.24. The average molecular weight is 313 g/mol. The summed E-state index contributed by atoms with van der Waals surface area (Å²) in [4.78, 5) is 27.5. The van der Waals surface area contributed by atoms with Crippen LogP contribution in [0.1, 0.15) is 34.8 Å². The molecule has 0 unspecified atom stereocenters. The molecule has 0 spiro atoms. The number of piperidine rings is 1. The van der Waals surface area contributed by atoms with Crippen LogP contribution >= 0.6 is 0 Å². The van der Waals surface area contributed by atoms with Gasteiger partial charge in [-0.1, -0.05) is 30.3 Å². The van der Waals surface area contributed by atoms with Gasteiger partial charge in [-0.3, -0.25) is 9.59 Å². The Kier molecular flexibility index (Phi) is 4.32. The van der Waals surface area contributed by atoms with Crippen molar-refractivity contribution in [3.63, 3.8) is 0 Å². The predicted molar refractivity (Wildman–Crippen MR) is 82.0 cm³/mol. The number of carbonyl (C=O) groups is 2. The molecule has 118 valence electrons. The fourth-order valence-corrected chi connectivity index (χ4v) is 2.73. The van der Waals surface area contributed by atoms with E-state index in [9.17, 15) is 14.0 Å². The Morgan fingerprint density at radius 2 is 2.00 bits per heavy atom. The van der Waals surface area contributed by atoms with Gasteiger partial charge < -0.3 is 10.6 Å². The molecule has 5 nitrogen and oxygen atoms in total. The minimum absolute atomic E-state index is 0.0584. The first-order valence-corrected chi connectivity index (χ1v) is 7.41. The van der Waals surface area contributed by atoms with Gasteiger partial charge in [0.25, 0.3) is 5.91 Å². The third-order valence-corrected chi connectivity index (χ3v) is 3.88. The zero-order valence-corrected chi connectivity index (χ0v) is 12.3. The molecule has 1 aromatic heterocycles. The summed E-state index contributed by atoms with van der Waals surface area (Å²) < 4.78 is 13.6. The molecule has 2 amide bonds. The molecular formula is C17H16FN3O2. The van der Waals surface area contributed by atoms with Crippen LogP contribution in [0.25, 0.3) is 0 Å². The molecule has 0 bridgehead atoms. The molecule has 0 aliphatic carbocycles. The number of pyridine rings is 1. The summed E-state index contributed by atoms with van der Waals surface area (Å²) in [5.74, 6) is -1.39. The molecule has 0 saturated carbocycles. The molecule has 1 fully saturated rings. The molecule has 2 heterocycles. The fraction of sp³-hybridized carbons (Fsp3) is 0.235. The summed E-state index contributed by atoms with van der Waals surface area (Å²) >= 11 is 0. The van der Waals surface area contributed by atoms with Crippen molar-refractivity contribution in [3.8, 4) is 0 Å². The van der Waals surface area contributed by atoms with Crippen molar-refractivity contribution < 1.29 is 14.0 Å². The normalized spacial score (nSPS) is 20.7. The second kappa shape index (κ2) is 6.56. The van der Waals surface area contributed by atoms with E-state index in [2.05, 4.69) is 15.6 Å².